The number of hydrogen-bond donors (Lipinski definition) is 1. The van der Waals surface area contributed by atoms with Gasteiger partial charge in [-0.25, -0.2) is 9.97 Å². The lowest BCUT2D eigenvalue weighted by Gasteiger charge is -2.28. The lowest BCUT2D eigenvalue weighted by molar-refractivity contribution is -0.140. The summed E-state index contributed by atoms with van der Waals surface area (Å²) in [4.78, 5) is 10.6. The Balaban J connectivity index is 2.08. The number of alkyl halides is 3. The van der Waals surface area contributed by atoms with E-state index < -0.39 is 11.9 Å². The zero-order valence-corrected chi connectivity index (χ0v) is 15.0. The van der Waals surface area contributed by atoms with Gasteiger partial charge >= 0.3 is 6.18 Å². The molecule has 0 spiro atoms. The summed E-state index contributed by atoms with van der Waals surface area (Å²) in [5, 5.41) is 0.565. The Morgan fingerprint density at radius 3 is 2.52 bits per heavy atom. The highest BCUT2D eigenvalue weighted by Gasteiger charge is 2.35. The predicted octanol–water partition coefficient (Wildman–Crippen LogP) is 3.07. The fourth-order valence-corrected chi connectivity index (χ4v) is 3.45. The van der Waals surface area contributed by atoms with Crippen LogP contribution in [0.3, 0.4) is 0 Å². The number of rotatable bonds is 2. The first kappa shape index (κ1) is 18.0. The molecule has 0 saturated carbocycles. The molecule has 1 atom stereocenters. The lowest BCUT2D eigenvalue weighted by Crippen LogP contribution is -2.38. The number of anilines is 1. The molecule has 0 amide bonds. The average molecular weight is 379 g/mol. The van der Waals surface area contributed by atoms with Crippen LogP contribution in [0, 0.1) is 6.92 Å². The average Bonchev–Trinajstić information content (AvgIpc) is 3.07. The molecule has 1 aliphatic rings. The maximum absolute atomic E-state index is 13.3. The van der Waals surface area contributed by atoms with Crippen LogP contribution in [0.5, 0.6) is 0 Å². The van der Waals surface area contributed by atoms with E-state index in [4.69, 9.17) is 15.5 Å². The second-order valence-electron chi connectivity index (χ2n) is 6.87. The van der Waals surface area contributed by atoms with Gasteiger partial charge in [0.25, 0.3) is 0 Å². The summed E-state index contributed by atoms with van der Waals surface area (Å²) in [5.74, 6) is 0.426. The second-order valence-corrected chi connectivity index (χ2v) is 6.87. The molecular formula is C18H20F3N5O. The van der Waals surface area contributed by atoms with Crippen molar-refractivity contribution < 1.29 is 17.9 Å². The summed E-state index contributed by atoms with van der Waals surface area (Å²) in [7, 11) is 0. The molecule has 27 heavy (non-hydrogen) atoms. The van der Waals surface area contributed by atoms with Crippen LogP contribution in [0.2, 0.25) is 0 Å². The number of hydrogen-bond acceptors (Lipinski definition) is 5. The van der Waals surface area contributed by atoms with Gasteiger partial charge in [-0.1, -0.05) is 6.07 Å². The molecule has 1 fully saturated rings. The Bertz CT molecular complexity index is 1010. The van der Waals surface area contributed by atoms with Gasteiger partial charge < -0.3 is 15.4 Å². The molecule has 0 unspecified atom stereocenters. The Hall–Kier alpha value is -2.39. The van der Waals surface area contributed by atoms with E-state index in [-0.39, 0.29) is 11.7 Å². The van der Waals surface area contributed by atoms with Crippen LogP contribution in [-0.2, 0) is 10.9 Å². The van der Waals surface area contributed by atoms with E-state index in [0.717, 1.165) is 17.3 Å². The first-order valence-corrected chi connectivity index (χ1v) is 8.74. The summed E-state index contributed by atoms with van der Waals surface area (Å²) in [6.07, 6.45) is -3.52. The van der Waals surface area contributed by atoms with Gasteiger partial charge in [0.15, 0.2) is 5.69 Å². The molecule has 6 nitrogen and oxygen atoms in total. The number of halogens is 3. The van der Waals surface area contributed by atoms with E-state index in [9.17, 15) is 13.2 Å². The normalized spacial score (nSPS) is 17.0. The minimum Gasteiger partial charge on any atom is -0.378 e. The maximum atomic E-state index is 13.3. The maximum Gasteiger partial charge on any atom is 0.434 e. The monoisotopic (exact) mass is 379 g/mol. The van der Waals surface area contributed by atoms with Gasteiger partial charge in [-0.3, -0.25) is 4.40 Å². The van der Waals surface area contributed by atoms with E-state index in [0.29, 0.717) is 43.2 Å². The zero-order chi connectivity index (χ0) is 19.3. The van der Waals surface area contributed by atoms with Gasteiger partial charge in [0.1, 0.15) is 5.65 Å². The number of morpholine rings is 1. The van der Waals surface area contributed by atoms with Gasteiger partial charge in [-0.15, -0.1) is 0 Å². The first-order valence-electron chi connectivity index (χ1n) is 8.74. The van der Waals surface area contributed by atoms with Crippen LogP contribution in [0.1, 0.15) is 29.8 Å². The van der Waals surface area contributed by atoms with Crippen molar-refractivity contribution in [2.75, 3.05) is 31.2 Å². The van der Waals surface area contributed by atoms with Crippen LogP contribution in [0.4, 0.5) is 19.1 Å². The lowest BCUT2D eigenvalue weighted by atomic mass is 10.0. The van der Waals surface area contributed by atoms with Crippen LogP contribution >= 0.6 is 0 Å². The van der Waals surface area contributed by atoms with Crippen LogP contribution in [0.15, 0.2) is 18.3 Å². The molecule has 2 aromatic heterocycles. The molecule has 9 heteroatoms. The molecule has 1 aliphatic heterocycles. The Labute approximate surface area is 153 Å². The van der Waals surface area contributed by atoms with Gasteiger partial charge in [0.05, 0.1) is 18.7 Å². The van der Waals surface area contributed by atoms with Gasteiger partial charge in [-0.2, -0.15) is 13.2 Å². The van der Waals surface area contributed by atoms with E-state index in [1.54, 1.807) is 6.07 Å². The van der Waals surface area contributed by atoms with Crippen molar-refractivity contribution in [3.05, 3.63) is 35.2 Å². The summed E-state index contributed by atoms with van der Waals surface area (Å²) in [6, 6.07) is 3.42. The van der Waals surface area contributed by atoms with Crippen molar-refractivity contribution >= 4 is 22.5 Å². The molecule has 144 valence electrons. The molecule has 3 heterocycles. The highest BCUT2D eigenvalue weighted by Crippen LogP contribution is 2.34. The molecule has 0 bridgehead atoms. The van der Waals surface area contributed by atoms with Crippen LogP contribution in [0.25, 0.3) is 16.6 Å². The fourth-order valence-electron chi connectivity index (χ4n) is 3.45. The number of benzene rings is 1. The van der Waals surface area contributed by atoms with Crippen molar-refractivity contribution in [1.82, 2.24) is 14.4 Å². The van der Waals surface area contributed by atoms with Crippen molar-refractivity contribution in [3.8, 4) is 0 Å². The number of imidazole rings is 1. The predicted molar refractivity (Wildman–Crippen MR) is 95.9 cm³/mol. The highest BCUT2D eigenvalue weighted by molar-refractivity contribution is 5.95. The topological polar surface area (TPSA) is 68.7 Å². The van der Waals surface area contributed by atoms with Crippen LogP contribution in [-0.4, -0.2) is 40.7 Å². The first-order chi connectivity index (χ1) is 12.8. The number of fused-ring (bicyclic) bond motifs is 3. The Morgan fingerprint density at radius 1 is 1.19 bits per heavy atom. The third kappa shape index (κ3) is 3.10. The number of aryl methyl sites for hydroxylation is 1. The van der Waals surface area contributed by atoms with E-state index in [1.807, 2.05) is 24.8 Å². The van der Waals surface area contributed by atoms with Gasteiger partial charge in [0, 0.05) is 30.7 Å². The molecule has 1 saturated heterocycles. The fraction of sp³-hybridized carbons (Fsp3) is 0.444. The SMILES string of the molecule is Cc1cc([C@@H](C)N)c2nc(N3CCOCC3)n3cc(C(F)(F)F)nc3c2c1. The third-order valence-electron chi connectivity index (χ3n) is 4.73. The summed E-state index contributed by atoms with van der Waals surface area (Å²) < 4.78 is 46.8. The minimum atomic E-state index is -4.53. The van der Waals surface area contributed by atoms with Crippen molar-refractivity contribution in [2.24, 2.45) is 5.73 Å². The van der Waals surface area contributed by atoms with E-state index >= 15 is 0 Å². The number of aromatic nitrogens is 3. The van der Waals surface area contributed by atoms with E-state index in [1.165, 1.54) is 4.40 Å². The molecule has 0 aliphatic carbocycles. The summed E-state index contributed by atoms with van der Waals surface area (Å²) >= 11 is 0. The zero-order valence-electron chi connectivity index (χ0n) is 15.0. The molecule has 4 rings (SSSR count). The molecule has 1 aromatic carbocycles. The molecule has 3 aromatic rings. The molecule has 0 radical (unpaired) electrons. The van der Waals surface area contributed by atoms with Gasteiger partial charge in [0.2, 0.25) is 5.95 Å². The Kier molecular flexibility index (Phi) is 4.23. The standard InChI is InChI=1S/C18H20F3N5O/c1-10-7-12(11(2)22)15-13(8-10)16-23-14(18(19,20)21)9-26(16)17(24-15)25-3-5-27-6-4-25/h7-9,11H,3-6,22H2,1-2H3/t11-/m1/s1. The van der Waals surface area contributed by atoms with Crippen LogP contribution < -0.4 is 10.6 Å². The smallest absolute Gasteiger partial charge is 0.378 e. The van der Waals surface area contributed by atoms with Crippen molar-refractivity contribution in [1.29, 1.82) is 0 Å². The van der Waals surface area contributed by atoms with E-state index in [2.05, 4.69) is 4.98 Å². The number of nitrogens with zero attached hydrogens (tertiary/aromatic N) is 4. The minimum absolute atomic E-state index is 0.236. The molecule has 2 N–H and O–H groups in total. The highest BCUT2D eigenvalue weighted by atomic mass is 19.4. The van der Waals surface area contributed by atoms with Crippen molar-refractivity contribution in [3.63, 3.8) is 0 Å². The number of ether oxygens (including phenoxy) is 1. The number of nitrogens with two attached hydrogens (primary N) is 1. The summed E-state index contributed by atoms with van der Waals surface area (Å²) in [6.45, 7) is 5.80. The quantitative estimate of drug-likeness (QED) is 0.741. The Morgan fingerprint density at radius 2 is 1.89 bits per heavy atom. The largest absolute Gasteiger partial charge is 0.434 e. The molecular weight excluding hydrogens is 359 g/mol. The third-order valence-corrected chi connectivity index (χ3v) is 4.73. The summed E-state index contributed by atoms with van der Waals surface area (Å²) in [5.41, 5.74) is 7.69. The van der Waals surface area contributed by atoms with Gasteiger partial charge in [-0.05, 0) is 31.0 Å². The van der Waals surface area contributed by atoms with Crippen molar-refractivity contribution in [2.45, 2.75) is 26.1 Å². The second kappa shape index (κ2) is 6.35.